The van der Waals surface area contributed by atoms with Crippen molar-refractivity contribution in [2.24, 2.45) is 23.3 Å². The molecule has 104 valence electrons. The van der Waals surface area contributed by atoms with Gasteiger partial charge in [-0.1, -0.05) is 6.42 Å². The van der Waals surface area contributed by atoms with Gasteiger partial charge in [-0.15, -0.1) is 0 Å². The summed E-state index contributed by atoms with van der Waals surface area (Å²) in [6.45, 7) is 1.84. The monoisotopic (exact) mass is 257 g/mol. The molecule has 0 heterocycles. The number of rotatable bonds is 6. The lowest BCUT2D eigenvalue weighted by molar-refractivity contribution is -0.134. The fourth-order valence-corrected chi connectivity index (χ4v) is 2.73. The van der Waals surface area contributed by atoms with Crippen molar-refractivity contribution in [3.05, 3.63) is 0 Å². The third kappa shape index (κ3) is 3.76. The molecule has 1 fully saturated rings. The number of hydrogen-bond acceptors (Lipinski definition) is 5. The van der Waals surface area contributed by atoms with Crippen LogP contribution in [0.25, 0.3) is 0 Å². The van der Waals surface area contributed by atoms with Gasteiger partial charge in [0.05, 0.1) is 5.92 Å². The van der Waals surface area contributed by atoms with Gasteiger partial charge >= 0.3 is 0 Å². The third-order valence-corrected chi connectivity index (χ3v) is 3.59. The van der Waals surface area contributed by atoms with Crippen molar-refractivity contribution < 1.29 is 14.7 Å². The van der Waals surface area contributed by atoms with E-state index in [4.69, 9.17) is 11.5 Å². The highest BCUT2D eigenvalue weighted by Gasteiger charge is 2.39. The molecule has 0 spiro atoms. The molecule has 0 aromatic rings. The maximum Gasteiger partial charge on any atom is 0.222 e. The van der Waals surface area contributed by atoms with Crippen LogP contribution in [0.15, 0.2) is 0 Å². The number of ketones is 1. The van der Waals surface area contributed by atoms with Crippen molar-refractivity contribution in [2.45, 2.75) is 44.9 Å². The lowest BCUT2D eigenvalue weighted by atomic mass is 9.73. The van der Waals surface area contributed by atoms with E-state index >= 15 is 0 Å². The van der Waals surface area contributed by atoms with Crippen LogP contribution in [0.3, 0.4) is 0 Å². The van der Waals surface area contributed by atoms with E-state index in [1.165, 1.54) is 6.92 Å². The molecule has 0 aliphatic heterocycles. The van der Waals surface area contributed by atoms with Crippen LogP contribution in [0.1, 0.15) is 32.6 Å². The number of Topliss-reactive ketones (excluding diaryl/α,β-unsaturated/α-hetero) is 1. The Morgan fingerprint density at radius 2 is 2.11 bits per heavy atom. The second-order valence-corrected chi connectivity index (χ2v) is 4.94. The molecule has 0 radical (unpaired) electrons. The van der Waals surface area contributed by atoms with Crippen molar-refractivity contribution in [1.82, 2.24) is 5.32 Å². The average molecular weight is 257 g/mol. The molecule has 0 aromatic heterocycles. The van der Waals surface area contributed by atoms with E-state index in [9.17, 15) is 14.7 Å². The van der Waals surface area contributed by atoms with Gasteiger partial charge in [-0.25, -0.2) is 0 Å². The van der Waals surface area contributed by atoms with Gasteiger partial charge in [-0.3, -0.25) is 14.9 Å². The maximum absolute atomic E-state index is 11.6. The summed E-state index contributed by atoms with van der Waals surface area (Å²) in [5.41, 5.74) is 10.8. The molecule has 18 heavy (non-hydrogen) atoms. The first-order valence-electron chi connectivity index (χ1n) is 6.41. The Kier molecular flexibility index (Phi) is 5.71. The minimum Gasteiger partial charge on any atom is -0.379 e. The third-order valence-electron chi connectivity index (χ3n) is 3.59. The Balaban J connectivity index is 2.74. The summed E-state index contributed by atoms with van der Waals surface area (Å²) in [4.78, 5) is 23.1. The van der Waals surface area contributed by atoms with Crippen LogP contribution in [-0.2, 0) is 9.59 Å². The highest BCUT2D eigenvalue weighted by atomic mass is 16.3. The van der Waals surface area contributed by atoms with Gasteiger partial charge in [0.1, 0.15) is 12.0 Å². The van der Waals surface area contributed by atoms with E-state index < -0.39 is 18.1 Å². The number of carbonyl (C=O) groups is 2. The predicted molar refractivity (Wildman–Crippen MR) is 67.3 cm³/mol. The second-order valence-electron chi connectivity index (χ2n) is 4.94. The zero-order valence-electron chi connectivity index (χ0n) is 10.8. The van der Waals surface area contributed by atoms with Crippen LogP contribution in [0.5, 0.6) is 0 Å². The summed E-state index contributed by atoms with van der Waals surface area (Å²) in [5.74, 6) is -1.37. The molecule has 6 nitrogen and oxygen atoms in total. The fraction of sp³-hybridized carbons (Fsp3) is 0.833. The summed E-state index contributed by atoms with van der Waals surface area (Å²) in [6, 6.07) is -0.244. The van der Waals surface area contributed by atoms with Crippen molar-refractivity contribution in [3.8, 4) is 0 Å². The molecule has 4 unspecified atom stereocenters. The topological polar surface area (TPSA) is 118 Å². The molecule has 0 saturated heterocycles. The van der Waals surface area contributed by atoms with Crippen molar-refractivity contribution in [2.75, 3.05) is 6.54 Å². The number of nitrogens with two attached hydrogens (primary N) is 2. The first-order valence-corrected chi connectivity index (χ1v) is 6.41. The lowest BCUT2D eigenvalue weighted by Gasteiger charge is -2.36. The van der Waals surface area contributed by atoms with Crippen molar-refractivity contribution in [1.29, 1.82) is 0 Å². The molecule has 1 aliphatic rings. The number of aliphatic hydroxyl groups excluding tert-OH is 1. The highest BCUT2D eigenvalue weighted by Crippen LogP contribution is 2.31. The summed E-state index contributed by atoms with van der Waals surface area (Å²) in [5, 5.41) is 12.7. The summed E-state index contributed by atoms with van der Waals surface area (Å²) >= 11 is 0. The number of amides is 1. The Bertz CT molecular complexity index is 309. The standard InChI is InChI=1S/C12H23N3O3/c1-7(16)8-3-2-4-9(11(8)12(14)18)15-10(17)5-6-13/h8-11,15,17H,2-6,13H2,1H3,(H2,14,18). The molecule has 1 amide bonds. The zero-order valence-corrected chi connectivity index (χ0v) is 10.8. The molecule has 4 atom stereocenters. The van der Waals surface area contributed by atoms with Gasteiger partial charge in [0.2, 0.25) is 5.91 Å². The Hall–Kier alpha value is -0.980. The van der Waals surface area contributed by atoms with E-state index in [0.717, 1.165) is 12.8 Å². The van der Waals surface area contributed by atoms with Crippen LogP contribution in [0, 0.1) is 11.8 Å². The van der Waals surface area contributed by atoms with Crippen molar-refractivity contribution in [3.63, 3.8) is 0 Å². The van der Waals surface area contributed by atoms with Crippen LogP contribution < -0.4 is 16.8 Å². The highest BCUT2D eigenvalue weighted by molar-refractivity contribution is 5.87. The Morgan fingerprint density at radius 3 is 2.61 bits per heavy atom. The molecule has 1 rings (SSSR count). The first-order chi connectivity index (χ1) is 8.47. The van der Waals surface area contributed by atoms with E-state index in [2.05, 4.69) is 5.32 Å². The van der Waals surface area contributed by atoms with E-state index in [0.29, 0.717) is 19.4 Å². The Labute approximate surface area is 107 Å². The predicted octanol–water partition coefficient (Wildman–Crippen LogP) is -0.898. The van der Waals surface area contributed by atoms with E-state index in [-0.39, 0.29) is 17.7 Å². The summed E-state index contributed by atoms with van der Waals surface area (Å²) in [7, 11) is 0. The molecule has 1 aliphatic carbocycles. The van der Waals surface area contributed by atoms with Crippen LogP contribution in [0.4, 0.5) is 0 Å². The minimum absolute atomic E-state index is 0.0152. The minimum atomic E-state index is -0.757. The second kappa shape index (κ2) is 6.82. The molecular formula is C12H23N3O3. The normalized spacial score (nSPS) is 29.8. The smallest absolute Gasteiger partial charge is 0.222 e. The number of aliphatic hydroxyl groups is 1. The number of carbonyl (C=O) groups excluding carboxylic acids is 2. The molecule has 1 saturated carbocycles. The van der Waals surface area contributed by atoms with Crippen molar-refractivity contribution >= 4 is 11.7 Å². The molecule has 6 N–H and O–H groups in total. The SMILES string of the molecule is CC(=O)C1CCCC(NC(O)CCN)C1C(N)=O. The van der Waals surface area contributed by atoms with Gasteiger partial charge in [0.25, 0.3) is 0 Å². The van der Waals surface area contributed by atoms with E-state index in [1.807, 2.05) is 0 Å². The van der Waals surface area contributed by atoms with Gasteiger partial charge < -0.3 is 16.6 Å². The molecule has 0 aromatic carbocycles. The lowest BCUT2D eigenvalue weighted by Crippen LogP contribution is -2.53. The van der Waals surface area contributed by atoms with Crippen LogP contribution in [-0.4, -0.2) is 35.6 Å². The molecule has 0 bridgehead atoms. The van der Waals surface area contributed by atoms with Gasteiger partial charge in [-0.2, -0.15) is 0 Å². The van der Waals surface area contributed by atoms with Gasteiger partial charge in [0, 0.05) is 12.0 Å². The molecule has 6 heteroatoms. The quantitative estimate of drug-likeness (QED) is 0.460. The first kappa shape index (κ1) is 15.1. The average Bonchev–Trinajstić information content (AvgIpc) is 2.28. The van der Waals surface area contributed by atoms with Gasteiger partial charge in [-0.05, 0) is 32.7 Å². The van der Waals surface area contributed by atoms with Crippen LogP contribution in [0.2, 0.25) is 0 Å². The fourth-order valence-electron chi connectivity index (χ4n) is 2.73. The van der Waals surface area contributed by atoms with Gasteiger partial charge in [0.15, 0.2) is 0 Å². The molecular weight excluding hydrogens is 234 g/mol. The zero-order chi connectivity index (χ0) is 13.7. The largest absolute Gasteiger partial charge is 0.379 e. The van der Waals surface area contributed by atoms with Crippen LogP contribution >= 0.6 is 0 Å². The number of nitrogens with one attached hydrogen (secondary N) is 1. The number of primary amides is 1. The number of hydrogen-bond donors (Lipinski definition) is 4. The van der Waals surface area contributed by atoms with E-state index in [1.54, 1.807) is 0 Å². The summed E-state index contributed by atoms with van der Waals surface area (Å²) in [6.07, 6.45) is 1.92. The summed E-state index contributed by atoms with van der Waals surface area (Å²) < 4.78 is 0. The maximum atomic E-state index is 11.6. The Morgan fingerprint density at radius 1 is 1.44 bits per heavy atom.